The van der Waals surface area contributed by atoms with Crippen LogP contribution in [0.5, 0.6) is 0 Å². The van der Waals surface area contributed by atoms with Gasteiger partial charge in [-0.1, -0.05) is 0 Å². The first-order chi connectivity index (χ1) is 7.70. The van der Waals surface area contributed by atoms with Crippen LogP contribution >= 0.6 is 12.3 Å². The highest BCUT2D eigenvalue weighted by molar-refractivity contribution is 7.89. The summed E-state index contributed by atoms with van der Waals surface area (Å²) in [5.41, 5.74) is -0.617. The highest BCUT2D eigenvalue weighted by Crippen LogP contribution is 2.31. The van der Waals surface area contributed by atoms with Gasteiger partial charge in [-0.15, -0.1) is 0 Å². The Hall–Kier alpha value is 0.190. The highest BCUT2D eigenvalue weighted by atomic mass is 32.2. The van der Waals surface area contributed by atoms with Crippen LogP contribution in [0.25, 0.3) is 0 Å². The SMILES string of the molecule is CC1CC(C)(C)OSOC(C)(C)CC(C)OO1. The summed E-state index contributed by atoms with van der Waals surface area (Å²) in [5.74, 6) is 0. The number of rotatable bonds is 0. The molecule has 0 spiro atoms. The Balaban J connectivity index is 2.66. The fourth-order valence-corrected chi connectivity index (χ4v) is 2.45. The predicted octanol–water partition coefficient (Wildman–Crippen LogP) is 3.66. The van der Waals surface area contributed by atoms with E-state index in [4.69, 9.17) is 18.1 Å². The van der Waals surface area contributed by atoms with Gasteiger partial charge in [0, 0.05) is 12.8 Å². The lowest BCUT2D eigenvalue weighted by Gasteiger charge is -2.27. The Morgan fingerprint density at radius 3 is 1.53 bits per heavy atom. The lowest BCUT2D eigenvalue weighted by Crippen LogP contribution is -2.28. The molecule has 0 N–H and O–H groups in total. The smallest absolute Gasteiger partial charge is 0.159 e. The first kappa shape index (κ1) is 15.2. The maximum absolute atomic E-state index is 5.66. The van der Waals surface area contributed by atoms with E-state index >= 15 is 0 Å². The van der Waals surface area contributed by atoms with E-state index in [9.17, 15) is 0 Å². The van der Waals surface area contributed by atoms with Gasteiger partial charge in [0.15, 0.2) is 12.3 Å². The van der Waals surface area contributed by atoms with Crippen molar-refractivity contribution in [2.24, 2.45) is 0 Å². The zero-order valence-electron chi connectivity index (χ0n) is 11.6. The third-order valence-electron chi connectivity index (χ3n) is 2.46. The third kappa shape index (κ3) is 6.06. The zero-order chi connectivity index (χ0) is 13.1. The van der Waals surface area contributed by atoms with E-state index in [0.29, 0.717) is 0 Å². The van der Waals surface area contributed by atoms with E-state index in [1.807, 2.05) is 41.5 Å². The fourth-order valence-electron chi connectivity index (χ4n) is 1.91. The lowest BCUT2D eigenvalue weighted by atomic mass is 10.0. The minimum atomic E-state index is -0.308. The van der Waals surface area contributed by atoms with Crippen molar-refractivity contribution in [1.82, 2.24) is 0 Å². The summed E-state index contributed by atoms with van der Waals surface area (Å²) < 4.78 is 11.3. The summed E-state index contributed by atoms with van der Waals surface area (Å²) in [6.07, 6.45) is 1.48. The second kappa shape index (κ2) is 5.89. The van der Waals surface area contributed by atoms with Crippen molar-refractivity contribution in [3.8, 4) is 0 Å². The van der Waals surface area contributed by atoms with Crippen molar-refractivity contribution < 1.29 is 18.1 Å². The minimum absolute atomic E-state index is 0.00531. The van der Waals surface area contributed by atoms with Crippen molar-refractivity contribution in [3.63, 3.8) is 0 Å². The van der Waals surface area contributed by atoms with Gasteiger partial charge in [-0.3, -0.25) is 8.37 Å². The molecular weight excluding hydrogens is 240 g/mol. The third-order valence-corrected chi connectivity index (χ3v) is 3.50. The van der Waals surface area contributed by atoms with E-state index in [0.717, 1.165) is 25.2 Å². The highest BCUT2D eigenvalue weighted by Gasteiger charge is 2.30. The Kier molecular flexibility index (Phi) is 5.28. The molecule has 1 aliphatic rings. The van der Waals surface area contributed by atoms with Crippen molar-refractivity contribution in [2.45, 2.75) is 77.8 Å². The first-order valence-electron chi connectivity index (χ1n) is 6.06. The molecule has 4 nitrogen and oxygen atoms in total. The van der Waals surface area contributed by atoms with Crippen molar-refractivity contribution in [2.75, 3.05) is 0 Å². The Morgan fingerprint density at radius 2 is 1.18 bits per heavy atom. The largest absolute Gasteiger partial charge is 0.285 e. The van der Waals surface area contributed by atoms with Gasteiger partial charge in [-0.05, 0) is 41.5 Å². The molecule has 2 atom stereocenters. The van der Waals surface area contributed by atoms with Gasteiger partial charge < -0.3 is 0 Å². The second-order valence-corrected chi connectivity index (χ2v) is 6.45. The quantitative estimate of drug-likeness (QED) is 0.493. The molecular formula is C12H24O4S. The molecule has 2 unspecified atom stereocenters. The molecule has 1 heterocycles. The molecule has 5 heteroatoms. The molecule has 0 saturated carbocycles. The summed E-state index contributed by atoms with van der Waals surface area (Å²) in [6, 6.07) is 0. The summed E-state index contributed by atoms with van der Waals surface area (Å²) in [5, 5.41) is 0. The van der Waals surface area contributed by atoms with Crippen molar-refractivity contribution in [1.29, 1.82) is 0 Å². The molecule has 102 valence electrons. The Labute approximate surface area is 109 Å². The van der Waals surface area contributed by atoms with E-state index in [1.54, 1.807) is 0 Å². The Bertz CT molecular complexity index is 219. The van der Waals surface area contributed by atoms with Gasteiger partial charge in [-0.2, -0.15) is 0 Å². The molecule has 0 radical (unpaired) electrons. The van der Waals surface area contributed by atoms with Crippen molar-refractivity contribution >= 4 is 12.3 Å². The second-order valence-electron chi connectivity index (χ2n) is 5.98. The molecule has 0 aromatic heterocycles. The Morgan fingerprint density at radius 1 is 0.824 bits per heavy atom. The topological polar surface area (TPSA) is 36.9 Å². The molecule has 1 rings (SSSR count). The van der Waals surface area contributed by atoms with Crippen LogP contribution in [0, 0.1) is 0 Å². The van der Waals surface area contributed by atoms with E-state index in [1.165, 1.54) is 0 Å². The molecule has 1 fully saturated rings. The predicted molar refractivity (Wildman–Crippen MR) is 68.2 cm³/mol. The van der Waals surface area contributed by atoms with Crippen LogP contribution in [-0.2, 0) is 18.1 Å². The molecule has 0 amide bonds. The van der Waals surface area contributed by atoms with Crippen LogP contribution in [-0.4, -0.2) is 23.4 Å². The standard InChI is InChI=1S/C12H24O4S/c1-9-7-11(3,4)15-17-16-12(5,6)8-10(2)14-13-9/h9-10H,7-8H2,1-6H3. The molecule has 0 aromatic rings. The van der Waals surface area contributed by atoms with Crippen LogP contribution in [0.4, 0.5) is 0 Å². The maximum atomic E-state index is 5.66. The van der Waals surface area contributed by atoms with Crippen molar-refractivity contribution in [3.05, 3.63) is 0 Å². The van der Waals surface area contributed by atoms with E-state index in [-0.39, 0.29) is 23.4 Å². The minimum Gasteiger partial charge on any atom is -0.285 e. The van der Waals surface area contributed by atoms with Gasteiger partial charge >= 0.3 is 0 Å². The van der Waals surface area contributed by atoms with Gasteiger partial charge in [-0.25, -0.2) is 9.78 Å². The number of hydrogen-bond acceptors (Lipinski definition) is 5. The summed E-state index contributed by atoms with van der Waals surface area (Å²) in [7, 11) is 0. The summed E-state index contributed by atoms with van der Waals surface area (Å²) in [6.45, 7) is 12.0. The summed E-state index contributed by atoms with van der Waals surface area (Å²) >= 11 is 1.07. The van der Waals surface area contributed by atoms with Crippen LogP contribution in [0.15, 0.2) is 0 Å². The molecule has 0 aliphatic carbocycles. The number of hydrogen-bond donors (Lipinski definition) is 0. The van der Waals surface area contributed by atoms with Crippen LogP contribution in [0.3, 0.4) is 0 Å². The zero-order valence-corrected chi connectivity index (χ0v) is 12.4. The lowest BCUT2D eigenvalue weighted by molar-refractivity contribution is -0.351. The van der Waals surface area contributed by atoms with Gasteiger partial charge in [0.1, 0.15) is 0 Å². The van der Waals surface area contributed by atoms with E-state index in [2.05, 4.69) is 0 Å². The molecule has 1 aliphatic heterocycles. The van der Waals surface area contributed by atoms with Crippen LogP contribution in [0.2, 0.25) is 0 Å². The van der Waals surface area contributed by atoms with Gasteiger partial charge in [0.2, 0.25) is 0 Å². The van der Waals surface area contributed by atoms with Crippen LogP contribution < -0.4 is 0 Å². The molecule has 0 bridgehead atoms. The molecule has 1 saturated heterocycles. The average Bonchev–Trinajstić information content (AvgIpc) is 2.12. The summed E-state index contributed by atoms with van der Waals surface area (Å²) in [4.78, 5) is 10.7. The maximum Gasteiger partial charge on any atom is 0.159 e. The molecule has 0 aromatic carbocycles. The van der Waals surface area contributed by atoms with Crippen LogP contribution in [0.1, 0.15) is 54.4 Å². The molecule has 17 heavy (non-hydrogen) atoms. The fraction of sp³-hybridized carbons (Fsp3) is 1.00. The average molecular weight is 264 g/mol. The monoisotopic (exact) mass is 264 g/mol. The first-order valence-corrected chi connectivity index (χ1v) is 6.72. The van der Waals surface area contributed by atoms with Gasteiger partial charge in [0.05, 0.1) is 23.4 Å². The van der Waals surface area contributed by atoms with E-state index < -0.39 is 0 Å². The van der Waals surface area contributed by atoms with Gasteiger partial charge in [0.25, 0.3) is 0 Å². The normalized spacial score (nSPS) is 34.9.